The molecule has 0 amide bonds. The van der Waals surface area contributed by atoms with Crippen LogP contribution in [-0.2, 0) is 13.0 Å². The first-order valence-electron chi connectivity index (χ1n) is 8.46. The van der Waals surface area contributed by atoms with Crippen LogP contribution in [0.1, 0.15) is 25.0 Å². The topological polar surface area (TPSA) is 42.5 Å². The van der Waals surface area contributed by atoms with Crippen molar-refractivity contribution in [2.75, 3.05) is 25.5 Å². The van der Waals surface area contributed by atoms with Crippen molar-refractivity contribution in [3.05, 3.63) is 53.6 Å². The van der Waals surface area contributed by atoms with Crippen molar-refractivity contribution < 1.29 is 9.47 Å². The molecule has 0 fully saturated rings. The largest absolute Gasteiger partial charge is 0.496 e. The van der Waals surface area contributed by atoms with E-state index in [1.54, 1.807) is 7.11 Å². The fourth-order valence-electron chi connectivity index (χ4n) is 2.91. The molecule has 0 atom stereocenters. The zero-order chi connectivity index (χ0) is 17.0. The van der Waals surface area contributed by atoms with Crippen LogP contribution in [0.25, 0.3) is 0 Å². The molecule has 2 N–H and O–H groups in total. The van der Waals surface area contributed by atoms with Crippen LogP contribution < -0.4 is 20.1 Å². The Kier molecular flexibility index (Phi) is 4.95. The van der Waals surface area contributed by atoms with Gasteiger partial charge in [-0.1, -0.05) is 24.3 Å². The number of nitrogens with one attached hydrogen (secondary N) is 2. The average Bonchev–Trinajstić information content (AvgIpc) is 2.58. The Morgan fingerprint density at radius 1 is 1.21 bits per heavy atom. The molecule has 0 aliphatic carbocycles. The van der Waals surface area contributed by atoms with Gasteiger partial charge in [0.15, 0.2) is 0 Å². The van der Waals surface area contributed by atoms with Gasteiger partial charge in [-0.3, -0.25) is 0 Å². The second-order valence-corrected chi connectivity index (χ2v) is 6.78. The minimum Gasteiger partial charge on any atom is -0.496 e. The van der Waals surface area contributed by atoms with Gasteiger partial charge in [-0.2, -0.15) is 0 Å². The van der Waals surface area contributed by atoms with Gasteiger partial charge in [0.2, 0.25) is 0 Å². The Bertz CT molecular complexity index is 698. The molecule has 24 heavy (non-hydrogen) atoms. The predicted octanol–water partition coefficient (Wildman–Crippen LogP) is 3.61. The Morgan fingerprint density at radius 3 is 2.88 bits per heavy atom. The fraction of sp³-hybridized carbons (Fsp3) is 0.400. The third kappa shape index (κ3) is 4.01. The quantitative estimate of drug-likeness (QED) is 0.796. The summed E-state index contributed by atoms with van der Waals surface area (Å²) >= 11 is 0. The lowest BCUT2D eigenvalue weighted by Crippen LogP contribution is -2.40. The Balaban J connectivity index is 1.52. The summed E-state index contributed by atoms with van der Waals surface area (Å²) in [6.07, 6.45) is 0.980. The van der Waals surface area contributed by atoms with Crippen molar-refractivity contribution in [3.63, 3.8) is 0 Å². The van der Waals surface area contributed by atoms with Gasteiger partial charge in [-0.15, -0.1) is 0 Å². The van der Waals surface area contributed by atoms with Crippen LogP contribution in [0, 0.1) is 0 Å². The van der Waals surface area contributed by atoms with Crippen LogP contribution in [0.5, 0.6) is 11.5 Å². The summed E-state index contributed by atoms with van der Waals surface area (Å²) in [7, 11) is 1.71. The summed E-state index contributed by atoms with van der Waals surface area (Å²) in [5.74, 6) is 1.87. The number of fused-ring (bicyclic) bond motifs is 1. The predicted molar refractivity (Wildman–Crippen MR) is 98.0 cm³/mol. The van der Waals surface area contributed by atoms with E-state index in [2.05, 4.69) is 48.7 Å². The minimum absolute atomic E-state index is 0.148. The third-order valence-electron chi connectivity index (χ3n) is 4.23. The zero-order valence-electron chi connectivity index (χ0n) is 14.7. The van der Waals surface area contributed by atoms with Crippen LogP contribution in [0.4, 0.5) is 5.69 Å². The average molecular weight is 326 g/mol. The molecule has 4 nitrogen and oxygen atoms in total. The lowest BCUT2D eigenvalue weighted by molar-refractivity contribution is 0.116. The molecule has 0 unspecified atom stereocenters. The maximum atomic E-state index is 5.99. The summed E-state index contributed by atoms with van der Waals surface area (Å²) in [5.41, 5.74) is 3.43. The summed E-state index contributed by atoms with van der Waals surface area (Å²) in [4.78, 5) is 0. The standard InChI is InChI=1S/C20H26N2O2/c1-20(2)14-22-17-12-15(8-9-19(17)24-20)10-11-21-13-16-6-4-5-7-18(16)23-3/h4-9,12,21-22H,10-11,13-14H2,1-3H3. The lowest BCUT2D eigenvalue weighted by atomic mass is 10.0. The maximum absolute atomic E-state index is 5.99. The Morgan fingerprint density at radius 2 is 2.04 bits per heavy atom. The van der Waals surface area contributed by atoms with E-state index in [-0.39, 0.29) is 5.60 Å². The second kappa shape index (κ2) is 7.14. The summed E-state index contributed by atoms with van der Waals surface area (Å²) < 4.78 is 11.4. The Labute approximate surface area is 144 Å². The number of ether oxygens (including phenoxy) is 2. The van der Waals surface area contributed by atoms with Gasteiger partial charge in [0.1, 0.15) is 17.1 Å². The minimum atomic E-state index is -0.148. The molecule has 1 aliphatic heterocycles. The molecule has 2 aromatic carbocycles. The van der Waals surface area contributed by atoms with Crippen molar-refractivity contribution in [2.45, 2.75) is 32.4 Å². The molecule has 0 bridgehead atoms. The summed E-state index contributed by atoms with van der Waals surface area (Å²) in [5, 5.41) is 6.95. The number of para-hydroxylation sites is 1. The van der Waals surface area contributed by atoms with E-state index in [1.165, 1.54) is 11.1 Å². The van der Waals surface area contributed by atoms with E-state index in [9.17, 15) is 0 Å². The molecule has 2 aromatic rings. The molecule has 0 radical (unpaired) electrons. The van der Waals surface area contributed by atoms with E-state index in [1.807, 2.05) is 18.2 Å². The first kappa shape index (κ1) is 16.7. The molecule has 0 saturated carbocycles. The number of benzene rings is 2. The lowest BCUT2D eigenvalue weighted by Gasteiger charge is -2.33. The van der Waals surface area contributed by atoms with E-state index in [4.69, 9.17) is 9.47 Å². The monoisotopic (exact) mass is 326 g/mol. The van der Waals surface area contributed by atoms with Gasteiger partial charge in [0.05, 0.1) is 19.3 Å². The molecule has 0 saturated heterocycles. The van der Waals surface area contributed by atoms with E-state index in [0.29, 0.717) is 0 Å². The highest BCUT2D eigenvalue weighted by atomic mass is 16.5. The first-order chi connectivity index (χ1) is 11.6. The van der Waals surface area contributed by atoms with Gasteiger partial charge in [-0.25, -0.2) is 0 Å². The van der Waals surface area contributed by atoms with Crippen molar-refractivity contribution in [1.82, 2.24) is 5.32 Å². The highest BCUT2D eigenvalue weighted by Crippen LogP contribution is 2.33. The third-order valence-corrected chi connectivity index (χ3v) is 4.23. The normalized spacial score (nSPS) is 15.1. The van der Waals surface area contributed by atoms with Crippen molar-refractivity contribution >= 4 is 5.69 Å². The SMILES string of the molecule is COc1ccccc1CNCCc1ccc2c(c1)NCC(C)(C)O2. The molecule has 3 rings (SSSR count). The molecule has 128 valence electrons. The highest BCUT2D eigenvalue weighted by Gasteiger charge is 2.26. The van der Waals surface area contributed by atoms with Gasteiger partial charge >= 0.3 is 0 Å². The van der Waals surface area contributed by atoms with Crippen molar-refractivity contribution in [2.24, 2.45) is 0 Å². The number of anilines is 1. The van der Waals surface area contributed by atoms with Crippen LogP contribution >= 0.6 is 0 Å². The van der Waals surface area contributed by atoms with Crippen LogP contribution in [0.3, 0.4) is 0 Å². The molecular weight excluding hydrogens is 300 g/mol. The molecule has 4 heteroatoms. The number of rotatable bonds is 6. The summed E-state index contributed by atoms with van der Waals surface area (Å²) in [6, 6.07) is 14.5. The Hall–Kier alpha value is -2.20. The molecule has 0 spiro atoms. The maximum Gasteiger partial charge on any atom is 0.143 e. The van der Waals surface area contributed by atoms with Crippen LogP contribution in [0.15, 0.2) is 42.5 Å². The highest BCUT2D eigenvalue weighted by molar-refractivity contribution is 5.60. The van der Waals surface area contributed by atoms with Crippen molar-refractivity contribution in [3.8, 4) is 11.5 Å². The summed E-state index contributed by atoms with van der Waals surface area (Å²) in [6.45, 7) is 6.75. The number of methoxy groups -OCH3 is 1. The molecular formula is C20H26N2O2. The smallest absolute Gasteiger partial charge is 0.143 e. The molecule has 0 aromatic heterocycles. The van der Waals surface area contributed by atoms with Crippen molar-refractivity contribution in [1.29, 1.82) is 0 Å². The van der Waals surface area contributed by atoms with Crippen LogP contribution in [-0.4, -0.2) is 25.8 Å². The van der Waals surface area contributed by atoms with Crippen LogP contribution in [0.2, 0.25) is 0 Å². The van der Waals surface area contributed by atoms with Gasteiger partial charge in [0.25, 0.3) is 0 Å². The van der Waals surface area contributed by atoms with E-state index >= 15 is 0 Å². The first-order valence-corrected chi connectivity index (χ1v) is 8.46. The molecule has 1 aliphatic rings. The fourth-order valence-corrected chi connectivity index (χ4v) is 2.91. The van der Waals surface area contributed by atoms with E-state index < -0.39 is 0 Å². The zero-order valence-corrected chi connectivity index (χ0v) is 14.7. The van der Waals surface area contributed by atoms with Gasteiger partial charge in [-0.05, 0) is 50.6 Å². The van der Waals surface area contributed by atoms with E-state index in [0.717, 1.165) is 43.2 Å². The number of hydrogen-bond donors (Lipinski definition) is 2. The molecule has 1 heterocycles. The van der Waals surface area contributed by atoms with Gasteiger partial charge < -0.3 is 20.1 Å². The number of hydrogen-bond acceptors (Lipinski definition) is 4. The second-order valence-electron chi connectivity index (χ2n) is 6.78. The van der Waals surface area contributed by atoms with Gasteiger partial charge in [0, 0.05) is 12.1 Å².